The van der Waals surface area contributed by atoms with E-state index in [9.17, 15) is 19.1 Å². The van der Waals surface area contributed by atoms with Crippen LogP contribution in [0.5, 0.6) is 5.75 Å². The smallest absolute Gasteiger partial charge is 0.258 e. The predicted molar refractivity (Wildman–Crippen MR) is 110 cm³/mol. The van der Waals surface area contributed by atoms with Crippen LogP contribution in [0.2, 0.25) is 5.02 Å². The number of hydroxylamine groups is 1. The predicted octanol–water partition coefficient (Wildman–Crippen LogP) is 1.59. The minimum Gasteiger partial charge on any atom is -0.484 e. The van der Waals surface area contributed by atoms with Gasteiger partial charge >= 0.3 is 0 Å². The Labute approximate surface area is 184 Å². The van der Waals surface area contributed by atoms with Gasteiger partial charge in [-0.15, -0.1) is 0 Å². The van der Waals surface area contributed by atoms with E-state index in [2.05, 4.69) is 16.1 Å². The van der Waals surface area contributed by atoms with Crippen LogP contribution in [0.15, 0.2) is 18.2 Å². The van der Waals surface area contributed by atoms with E-state index in [1.807, 2.05) is 6.92 Å². The molecule has 8 nitrogen and oxygen atoms in total. The number of nitrogens with one attached hydrogen (secondary N) is 3. The number of amides is 2. The second kappa shape index (κ2) is 8.54. The standard InChI is InChI=1S/C21H27ClFN3O5/c1-12-8-16(31-26-12)19(29)25-20-4-6-21(7-5-20,17(27)10-20)24-18(28)11-30-13-2-3-14(22)15(23)9-13/h2-3,9,12,16-17,26-27H,4-8,10-11H2,1H3,(H,24,28)(H,25,29). The lowest BCUT2D eigenvalue weighted by Crippen LogP contribution is -2.70. The van der Waals surface area contributed by atoms with Crippen molar-refractivity contribution in [2.75, 3.05) is 6.61 Å². The van der Waals surface area contributed by atoms with Gasteiger partial charge in [-0.05, 0) is 51.2 Å². The molecule has 0 radical (unpaired) electrons. The summed E-state index contributed by atoms with van der Waals surface area (Å²) in [6, 6.07) is 4.07. The molecular weight excluding hydrogens is 429 g/mol. The van der Waals surface area contributed by atoms with Gasteiger partial charge in [0.25, 0.3) is 11.8 Å². The highest BCUT2D eigenvalue weighted by atomic mass is 35.5. The van der Waals surface area contributed by atoms with Crippen LogP contribution in [0.25, 0.3) is 0 Å². The summed E-state index contributed by atoms with van der Waals surface area (Å²) in [7, 11) is 0. The summed E-state index contributed by atoms with van der Waals surface area (Å²) in [4.78, 5) is 30.4. The zero-order valence-corrected chi connectivity index (χ0v) is 18.0. The zero-order valence-electron chi connectivity index (χ0n) is 17.2. The number of halogens is 2. The molecule has 10 heteroatoms. The Morgan fingerprint density at radius 1 is 1.32 bits per heavy atom. The zero-order chi connectivity index (χ0) is 22.2. The van der Waals surface area contributed by atoms with Crippen molar-refractivity contribution >= 4 is 23.4 Å². The number of hydrogen-bond donors (Lipinski definition) is 4. The first-order valence-electron chi connectivity index (χ1n) is 10.5. The van der Waals surface area contributed by atoms with Crippen LogP contribution in [0.1, 0.15) is 45.4 Å². The fraction of sp³-hybridized carbons (Fsp3) is 0.619. The molecule has 1 aliphatic heterocycles. The Kier molecular flexibility index (Phi) is 6.13. The lowest BCUT2D eigenvalue weighted by Gasteiger charge is -2.56. The van der Waals surface area contributed by atoms with Crippen LogP contribution >= 0.6 is 11.6 Å². The number of aliphatic hydroxyl groups is 1. The molecule has 3 aliphatic carbocycles. The van der Waals surface area contributed by atoms with Crippen LogP contribution in [-0.2, 0) is 14.4 Å². The molecule has 3 unspecified atom stereocenters. The topological polar surface area (TPSA) is 109 Å². The van der Waals surface area contributed by atoms with Crippen molar-refractivity contribution in [3.05, 3.63) is 29.0 Å². The van der Waals surface area contributed by atoms with Crippen molar-refractivity contribution in [2.24, 2.45) is 0 Å². The molecule has 170 valence electrons. The monoisotopic (exact) mass is 455 g/mol. The first kappa shape index (κ1) is 22.3. The van der Waals surface area contributed by atoms with Gasteiger partial charge in [0.1, 0.15) is 11.6 Å². The Bertz CT molecular complexity index is 861. The van der Waals surface area contributed by atoms with Crippen LogP contribution in [-0.4, -0.2) is 52.9 Å². The van der Waals surface area contributed by atoms with Crippen LogP contribution in [0, 0.1) is 5.82 Å². The number of fused-ring (bicyclic) bond motifs is 3. The fourth-order valence-electron chi connectivity index (χ4n) is 4.81. The summed E-state index contributed by atoms with van der Waals surface area (Å²) in [5, 5.41) is 16.8. The lowest BCUT2D eigenvalue weighted by molar-refractivity contribution is -0.142. The van der Waals surface area contributed by atoms with E-state index in [1.54, 1.807) is 0 Å². The van der Waals surface area contributed by atoms with Crippen molar-refractivity contribution in [1.82, 2.24) is 16.1 Å². The van der Waals surface area contributed by atoms with E-state index < -0.39 is 35.0 Å². The van der Waals surface area contributed by atoms with Gasteiger partial charge in [0.15, 0.2) is 12.7 Å². The van der Waals surface area contributed by atoms with E-state index in [4.69, 9.17) is 21.2 Å². The molecule has 1 saturated heterocycles. The van der Waals surface area contributed by atoms with Crippen molar-refractivity contribution in [3.63, 3.8) is 0 Å². The normalized spacial score (nSPS) is 34.4. The minimum absolute atomic E-state index is 0.0240. The molecule has 4 aliphatic rings. The number of carbonyl (C=O) groups is 2. The van der Waals surface area contributed by atoms with Crippen LogP contribution in [0.4, 0.5) is 4.39 Å². The van der Waals surface area contributed by atoms with Gasteiger partial charge in [0.05, 0.1) is 16.7 Å². The first-order valence-corrected chi connectivity index (χ1v) is 10.9. The molecule has 3 saturated carbocycles. The van der Waals surface area contributed by atoms with Gasteiger partial charge < -0.3 is 20.5 Å². The van der Waals surface area contributed by atoms with Crippen LogP contribution in [0.3, 0.4) is 0 Å². The highest BCUT2D eigenvalue weighted by Crippen LogP contribution is 2.47. The second-order valence-electron chi connectivity index (χ2n) is 8.92. The number of rotatable bonds is 6. The Balaban J connectivity index is 1.31. The first-order chi connectivity index (χ1) is 14.7. The Hall–Kier alpha value is -1.94. The molecule has 3 atom stereocenters. The molecule has 0 spiro atoms. The maximum atomic E-state index is 13.5. The van der Waals surface area contributed by atoms with Gasteiger partial charge in [-0.1, -0.05) is 11.6 Å². The Morgan fingerprint density at radius 3 is 2.68 bits per heavy atom. The van der Waals surface area contributed by atoms with Gasteiger partial charge in [0, 0.05) is 24.1 Å². The van der Waals surface area contributed by atoms with Gasteiger partial charge in [-0.2, -0.15) is 5.48 Å². The van der Waals surface area contributed by atoms with E-state index in [0.717, 1.165) is 6.07 Å². The average Bonchev–Trinajstić information content (AvgIpc) is 3.17. The molecule has 4 N–H and O–H groups in total. The molecule has 0 aromatic heterocycles. The number of hydrogen-bond acceptors (Lipinski definition) is 6. The molecule has 1 heterocycles. The van der Waals surface area contributed by atoms with Gasteiger partial charge in [-0.25, -0.2) is 4.39 Å². The molecule has 1 aromatic carbocycles. The third-order valence-corrected chi connectivity index (χ3v) is 6.94. The second-order valence-corrected chi connectivity index (χ2v) is 9.33. The van der Waals surface area contributed by atoms with Crippen molar-refractivity contribution < 1.29 is 28.7 Å². The molecule has 2 amide bonds. The number of aliphatic hydroxyl groups excluding tert-OH is 1. The minimum atomic E-state index is -0.797. The Morgan fingerprint density at radius 2 is 2.06 bits per heavy atom. The van der Waals surface area contributed by atoms with E-state index in [0.29, 0.717) is 38.5 Å². The molecular formula is C21H27ClFN3O5. The number of carbonyl (C=O) groups excluding carboxylic acids is 2. The van der Waals surface area contributed by atoms with Crippen molar-refractivity contribution in [1.29, 1.82) is 0 Å². The summed E-state index contributed by atoms with van der Waals surface area (Å²) < 4.78 is 18.9. The highest BCUT2D eigenvalue weighted by Gasteiger charge is 2.55. The van der Waals surface area contributed by atoms with Gasteiger partial charge in [0.2, 0.25) is 0 Å². The summed E-state index contributed by atoms with van der Waals surface area (Å²) in [5.74, 6) is -1.000. The van der Waals surface area contributed by atoms with Crippen LogP contribution < -0.4 is 20.9 Å². The maximum absolute atomic E-state index is 13.5. The third kappa shape index (κ3) is 4.64. The summed E-state index contributed by atoms with van der Waals surface area (Å²) in [5.41, 5.74) is 1.55. The number of ether oxygens (including phenoxy) is 1. The fourth-order valence-corrected chi connectivity index (χ4v) is 4.93. The highest BCUT2D eigenvalue weighted by molar-refractivity contribution is 6.30. The van der Waals surface area contributed by atoms with Crippen molar-refractivity contribution in [3.8, 4) is 5.75 Å². The molecule has 1 aromatic rings. The third-order valence-electron chi connectivity index (χ3n) is 6.63. The molecule has 5 rings (SSSR count). The molecule has 31 heavy (non-hydrogen) atoms. The van der Waals surface area contributed by atoms with E-state index in [1.165, 1.54) is 12.1 Å². The summed E-state index contributed by atoms with van der Waals surface area (Å²) in [6.45, 7) is 1.64. The quantitative estimate of drug-likeness (QED) is 0.518. The summed E-state index contributed by atoms with van der Waals surface area (Å²) in [6.07, 6.45) is 1.99. The van der Waals surface area contributed by atoms with Gasteiger partial charge in [-0.3, -0.25) is 14.4 Å². The SMILES string of the molecule is CC1CC(C(=O)NC23CCC(NC(=O)COc4ccc(Cl)c(F)c4)(CC2)C(O)C3)ON1. The average molecular weight is 456 g/mol. The molecule has 2 bridgehead atoms. The number of benzene rings is 1. The molecule has 4 fully saturated rings. The largest absolute Gasteiger partial charge is 0.484 e. The maximum Gasteiger partial charge on any atom is 0.258 e. The van der Waals surface area contributed by atoms with E-state index in [-0.39, 0.29) is 29.3 Å². The summed E-state index contributed by atoms with van der Waals surface area (Å²) >= 11 is 5.64. The van der Waals surface area contributed by atoms with Crippen molar-refractivity contribution in [2.45, 2.75) is 74.8 Å². The lowest BCUT2D eigenvalue weighted by atomic mass is 9.60. The van der Waals surface area contributed by atoms with E-state index >= 15 is 0 Å².